The second-order valence-electron chi connectivity index (χ2n) is 3.76. The van der Waals surface area contributed by atoms with E-state index in [4.69, 9.17) is 0 Å². The average Bonchev–Trinajstić information content (AvgIpc) is 2.99. The first-order chi connectivity index (χ1) is 8.68. The number of carbonyl (C=O) groups is 1. The van der Waals surface area contributed by atoms with Gasteiger partial charge in [-0.3, -0.25) is 4.79 Å². The van der Waals surface area contributed by atoms with Gasteiger partial charge in [0.05, 0.1) is 11.8 Å². The zero-order valence-corrected chi connectivity index (χ0v) is 11.4. The lowest BCUT2D eigenvalue weighted by atomic mass is 10.2. The number of carbonyl (C=O) groups excluding carboxylic acids is 1. The molecule has 2 aromatic rings. The quantitative estimate of drug-likeness (QED) is 0.877. The molecule has 0 fully saturated rings. The minimum absolute atomic E-state index is 0.180. The summed E-state index contributed by atoms with van der Waals surface area (Å²) in [6.07, 6.45) is -0.0247. The van der Waals surface area contributed by atoms with Gasteiger partial charge in [0.1, 0.15) is 4.88 Å². The topological polar surface area (TPSA) is 75.1 Å². The maximum atomic E-state index is 11.7. The summed E-state index contributed by atoms with van der Waals surface area (Å²) in [5.41, 5.74) is 0.635. The molecule has 0 aliphatic heterocycles. The number of aliphatic hydroxyl groups excluding tert-OH is 1. The Morgan fingerprint density at radius 1 is 1.61 bits per heavy atom. The van der Waals surface area contributed by atoms with Gasteiger partial charge in [-0.25, -0.2) is 0 Å². The van der Waals surface area contributed by atoms with E-state index in [0.717, 1.165) is 16.4 Å². The standard InChI is InChI=1S/C11H13N3O2S2/c1-7-10(18-14-13-7)11(16)12-5-4-8(15)9-3-2-6-17-9/h2-3,6,8,15H,4-5H2,1H3,(H,12,16). The molecule has 0 saturated carbocycles. The van der Waals surface area contributed by atoms with E-state index in [-0.39, 0.29) is 5.91 Å². The Morgan fingerprint density at radius 2 is 2.44 bits per heavy atom. The zero-order valence-electron chi connectivity index (χ0n) is 9.79. The molecular weight excluding hydrogens is 270 g/mol. The Kier molecular flexibility index (Phi) is 4.40. The molecule has 0 aliphatic rings. The van der Waals surface area contributed by atoms with Gasteiger partial charge in [0, 0.05) is 11.4 Å². The van der Waals surface area contributed by atoms with Gasteiger partial charge < -0.3 is 10.4 Å². The summed E-state index contributed by atoms with van der Waals surface area (Å²) in [5, 5.41) is 18.3. The molecule has 0 spiro atoms. The van der Waals surface area contributed by atoms with Crippen molar-refractivity contribution < 1.29 is 9.90 Å². The van der Waals surface area contributed by atoms with Crippen LogP contribution in [0.4, 0.5) is 0 Å². The SMILES string of the molecule is Cc1nnsc1C(=O)NCCC(O)c1cccs1. The Morgan fingerprint density at radius 3 is 3.06 bits per heavy atom. The number of nitrogens with zero attached hydrogens (tertiary/aromatic N) is 2. The largest absolute Gasteiger partial charge is 0.388 e. The van der Waals surface area contributed by atoms with Gasteiger partial charge in [0.2, 0.25) is 0 Å². The van der Waals surface area contributed by atoms with E-state index in [1.165, 1.54) is 11.3 Å². The smallest absolute Gasteiger partial charge is 0.264 e. The average molecular weight is 283 g/mol. The zero-order chi connectivity index (χ0) is 13.0. The minimum atomic E-state index is -0.522. The van der Waals surface area contributed by atoms with E-state index >= 15 is 0 Å². The van der Waals surface area contributed by atoms with Crippen molar-refractivity contribution in [1.29, 1.82) is 0 Å². The third-order valence-electron chi connectivity index (χ3n) is 2.43. The van der Waals surface area contributed by atoms with Gasteiger partial charge in [0.25, 0.3) is 5.91 Å². The molecule has 1 atom stereocenters. The van der Waals surface area contributed by atoms with Crippen molar-refractivity contribution in [2.75, 3.05) is 6.54 Å². The van der Waals surface area contributed by atoms with Crippen LogP contribution in [0.15, 0.2) is 17.5 Å². The van der Waals surface area contributed by atoms with Crippen LogP contribution in [0.5, 0.6) is 0 Å². The molecule has 0 aromatic carbocycles. The van der Waals surface area contributed by atoms with Crippen LogP contribution in [0.2, 0.25) is 0 Å². The molecule has 96 valence electrons. The first kappa shape index (κ1) is 13.1. The summed E-state index contributed by atoms with van der Waals surface area (Å²) in [6.45, 7) is 2.17. The first-order valence-electron chi connectivity index (χ1n) is 5.47. The van der Waals surface area contributed by atoms with Crippen LogP contribution in [-0.2, 0) is 0 Å². The van der Waals surface area contributed by atoms with Crippen LogP contribution in [0.1, 0.15) is 32.8 Å². The van der Waals surface area contributed by atoms with Crippen molar-refractivity contribution >= 4 is 28.8 Å². The lowest BCUT2D eigenvalue weighted by molar-refractivity contribution is 0.0946. The van der Waals surface area contributed by atoms with E-state index in [1.807, 2.05) is 17.5 Å². The van der Waals surface area contributed by atoms with Crippen molar-refractivity contribution in [3.05, 3.63) is 33.0 Å². The van der Waals surface area contributed by atoms with Crippen molar-refractivity contribution in [2.24, 2.45) is 0 Å². The number of hydrogen-bond donors (Lipinski definition) is 2. The second-order valence-corrected chi connectivity index (χ2v) is 5.50. The van der Waals surface area contributed by atoms with Crippen LogP contribution in [0.3, 0.4) is 0 Å². The molecule has 0 saturated heterocycles. The molecule has 1 unspecified atom stereocenters. The van der Waals surface area contributed by atoms with E-state index in [9.17, 15) is 9.90 Å². The molecule has 0 aliphatic carbocycles. The predicted molar refractivity (Wildman–Crippen MR) is 70.9 cm³/mol. The van der Waals surface area contributed by atoms with Crippen molar-refractivity contribution in [3.8, 4) is 0 Å². The molecule has 5 nitrogen and oxygen atoms in total. The predicted octanol–water partition coefficient (Wildman–Crippen LogP) is 1.76. The maximum absolute atomic E-state index is 11.7. The van der Waals surface area contributed by atoms with Gasteiger partial charge >= 0.3 is 0 Å². The molecule has 0 radical (unpaired) electrons. The molecule has 2 N–H and O–H groups in total. The molecule has 1 amide bonds. The molecule has 2 heterocycles. The summed E-state index contributed by atoms with van der Waals surface area (Å²) < 4.78 is 3.71. The van der Waals surface area contributed by atoms with Crippen molar-refractivity contribution in [2.45, 2.75) is 19.4 Å². The molecule has 7 heteroatoms. The number of thiophene rings is 1. The van der Waals surface area contributed by atoms with Crippen LogP contribution >= 0.6 is 22.9 Å². The number of aryl methyl sites for hydroxylation is 1. The fraction of sp³-hybridized carbons (Fsp3) is 0.364. The van der Waals surface area contributed by atoms with Crippen LogP contribution in [0, 0.1) is 6.92 Å². The number of amides is 1. The molecule has 18 heavy (non-hydrogen) atoms. The van der Waals surface area contributed by atoms with E-state index in [1.54, 1.807) is 6.92 Å². The summed E-state index contributed by atoms with van der Waals surface area (Å²) in [7, 11) is 0. The fourth-order valence-corrected chi connectivity index (χ4v) is 2.78. The normalized spacial score (nSPS) is 12.3. The van der Waals surface area contributed by atoms with Gasteiger partial charge in [-0.15, -0.1) is 16.4 Å². The molecule has 2 aromatic heterocycles. The number of hydrogen-bond acceptors (Lipinski definition) is 6. The Balaban J connectivity index is 1.79. The summed E-state index contributed by atoms with van der Waals surface area (Å²) >= 11 is 2.59. The van der Waals surface area contributed by atoms with Gasteiger partial charge in [-0.2, -0.15) is 0 Å². The molecule has 2 rings (SSSR count). The number of aliphatic hydroxyl groups is 1. The highest BCUT2D eigenvalue weighted by molar-refractivity contribution is 7.10. The van der Waals surface area contributed by atoms with Crippen LogP contribution in [0.25, 0.3) is 0 Å². The summed E-state index contributed by atoms with van der Waals surface area (Å²) in [4.78, 5) is 13.2. The maximum Gasteiger partial charge on any atom is 0.264 e. The van der Waals surface area contributed by atoms with Gasteiger partial charge in [-0.1, -0.05) is 10.6 Å². The van der Waals surface area contributed by atoms with E-state index in [0.29, 0.717) is 23.5 Å². The Hall–Kier alpha value is -1.31. The number of aromatic nitrogens is 2. The lowest BCUT2D eigenvalue weighted by Gasteiger charge is -2.08. The van der Waals surface area contributed by atoms with Crippen LogP contribution < -0.4 is 5.32 Å². The van der Waals surface area contributed by atoms with Crippen molar-refractivity contribution in [3.63, 3.8) is 0 Å². The molecule has 0 bridgehead atoms. The third kappa shape index (κ3) is 3.12. The van der Waals surface area contributed by atoms with Gasteiger partial charge in [-0.05, 0) is 36.3 Å². The second kappa shape index (κ2) is 6.03. The van der Waals surface area contributed by atoms with E-state index < -0.39 is 6.10 Å². The Labute approximate surface area is 113 Å². The summed E-state index contributed by atoms with van der Waals surface area (Å²) in [5.74, 6) is -0.180. The fourth-order valence-electron chi connectivity index (χ4n) is 1.47. The number of rotatable bonds is 5. The minimum Gasteiger partial charge on any atom is -0.388 e. The van der Waals surface area contributed by atoms with Crippen LogP contribution in [-0.4, -0.2) is 27.1 Å². The van der Waals surface area contributed by atoms with Crippen molar-refractivity contribution in [1.82, 2.24) is 14.9 Å². The third-order valence-corrected chi connectivity index (χ3v) is 4.23. The first-order valence-corrected chi connectivity index (χ1v) is 7.12. The highest BCUT2D eigenvalue weighted by Crippen LogP contribution is 2.21. The Bertz CT molecular complexity index is 510. The number of nitrogens with one attached hydrogen (secondary N) is 1. The lowest BCUT2D eigenvalue weighted by Crippen LogP contribution is -2.25. The summed E-state index contributed by atoms with van der Waals surface area (Å²) in [6, 6.07) is 3.78. The van der Waals surface area contributed by atoms with E-state index in [2.05, 4.69) is 14.9 Å². The monoisotopic (exact) mass is 283 g/mol. The highest BCUT2D eigenvalue weighted by atomic mass is 32.1. The van der Waals surface area contributed by atoms with Gasteiger partial charge in [0.15, 0.2) is 0 Å². The molecular formula is C11H13N3O2S2. The highest BCUT2D eigenvalue weighted by Gasteiger charge is 2.14.